The third-order valence-corrected chi connectivity index (χ3v) is 4.86. The molecule has 138 valence electrons. The quantitative estimate of drug-likeness (QED) is 0.871. The molecule has 0 spiro atoms. The molecule has 2 atom stereocenters. The average Bonchev–Trinajstić information content (AvgIpc) is 3.20. The van der Waals surface area contributed by atoms with E-state index < -0.39 is 17.7 Å². The molecule has 2 N–H and O–H groups in total. The van der Waals surface area contributed by atoms with E-state index in [0.29, 0.717) is 31.0 Å². The van der Waals surface area contributed by atoms with Crippen molar-refractivity contribution in [3.8, 4) is 0 Å². The average molecular weight is 363 g/mol. The van der Waals surface area contributed by atoms with Crippen molar-refractivity contribution in [2.75, 3.05) is 18.5 Å². The Kier molecular flexibility index (Phi) is 4.58. The summed E-state index contributed by atoms with van der Waals surface area (Å²) in [5, 5.41) is 9.27. The lowest BCUT2D eigenvalue weighted by atomic mass is 9.98. The fraction of sp³-hybridized carbons (Fsp3) is 0.444. The molecule has 26 heavy (non-hydrogen) atoms. The lowest BCUT2D eigenvalue weighted by molar-refractivity contribution is 0.0791. The first-order valence-corrected chi connectivity index (χ1v) is 8.67. The monoisotopic (exact) mass is 363 g/mol. The summed E-state index contributed by atoms with van der Waals surface area (Å²) in [6, 6.07) is 4.62. The summed E-state index contributed by atoms with van der Waals surface area (Å²) in [5.41, 5.74) is 0.417. The highest BCUT2D eigenvalue weighted by Gasteiger charge is 2.41. The van der Waals surface area contributed by atoms with E-state index >= 15 is 0 Å². The van der Waals surface area contributed by atoms with Crippen LogP contribution in [0.25, 0.3) is 0 Å². The second-order valence-corrected chi connectivity index (χ2v) is 6.71. The van der Waals surface area contributed by atoms with Crippen LogP contribution < -0.4 is 10.6 Å². The Bertz CT molecular complexity index is 805. The number of halogens is 2. The Morgan fingerprint density at radius 1 is 1.19 bits per heavy atom. The zero-order valence-electron chi connectivity index (χ0n) is 14.0. The summed E-state index contributed by atoms with van der Waals surface area (Å²) in [5.74, 6) is -0.00569. The Morgan fingerprint density at radius 2 is 2.00 bits per heavy atom. The van der Waals surface area contributed by atoms with E-state index in [9.17, 15) is 13.6 Å². The molecule has 2 aliphatic rings. The molecule has 1 saturated heterocycles. The van der Waals surface area contributed by atoms with Crippen molar-refractivity contribution < 1.29 is 22.8 Å². The molecule has 4 rings (SSSR count). The maximum absolute atomic E-state index is 13.8. The summed E-state index contributed by atoms with van der Waals surface area (Å²) in [6.07, 6.45) is 2.35. The summed E-state index contributed by atoms with van der Waals surface area (Å²) < 4.78 is 37.4. The van der Waals surface area contributed by atoms with Crippen LogP contribution in [-0.4, -0.2) is 30.4 Å². The lowest BCUT2D eigenvalue weighted by Crippen LogP contribution is -2.31. The number of carbonyl (C=O) groups excluding carboxylic acids is 1. The number of anilines is 1. The number of ether oxygens (including phenoxy) is 1. The number of aromatic nitrogens is 1. The van der Waals surface area contributed by atoms with E-state index in [1.807, 2.05) is 0 Å². The van der Waals surface area contributed by atoms with Crippen molar-refractivity contribution in [3.63, 3.8) is 0 Å². The fourth-order valence-electron chi connectivity index (χ4n) is 3.34. The van der Waals surface area contributed by atoms with Crippen molar-refractivity contribution in [1.29, 1.82) is 0 Å². The predicted molar refractivity (Wildman–Crippen MR) is 89.0 cm³/mol. The van der Waals surface area contributed by atoms with Gasteiger partial charge in [0, 0.05) is 43.2 Å². The van der Waals surface area contributed by atoms with Crippen molar-refractivity contribution in [2.24, 2.45) is 0 Å². The summed E-state index contributed by atoms with van der Waals surface area (Å²) >= 11 is 0. The second-order valence-electron chi connectivity index (χ2n) is 6.71. The minimum absolute atomic E-state index is 0.142. The maximum atomic E-state index is 13.8. The zero-order valence-corrected chi connectivity index (χ0v) is 14.0. The Balaban J connectivity index is 1.30. The van der Waals surface area contributed by atoms with Gasteiger partial charge in [0.1, 0.15) is 17.4 Å². The van der Waals surface area contributed by atoms with Gasteiger partial charge in [-0.1, -0.05) is 11.2 Å². The molecule has 1 saturated carbocycles. The van der Waals surface area contributed by atoms with E-state index in [0.717, 1.165) is 24.7 Å². The van der Waals surface area contributed by atoms with Crippen molar-refractivity contribution in [3.05, 3.63) is 47.2 Å². The molecule has 1 aliphatic heterocycles. The molecule has 0 radical (unpaired) electrons. The molecule has 1 aromatic heterocycles. The van der Waals surface area contributed by atoms with E-state index in [1.165, 1.54) is 12.1 Å². The molecule has 2 fully saturated rings. The number of benzene rings is 1. The zero-order chi connectivity index (χ0) is 18.1. The molecule has 2 amide bonds. The molecule has 0 bridgehead atoms. The first-order valence-electron chi connectivity index (χ1n) is 8.67. The smallest absolute Gasteiger partial charge is 0.320 e. The third kappa shape index (κ3) is 3.70. The number of urea groups is 1. The van der Waals surface area contributed by atoms with Crippen LogP contribution in [0.1, 0.15) is 42.4 Å². The first-order chi connectivity index (χ1) is 12.6. The Labute approximate surface area is 148 Å². The number of hydrogen-bond acceptors (Lipinski definition) is 4. The molecule has 1 aliphatic carbocycles. The number of carbonyl (C=O) groups is 1. The molecule has 0 unspecified atom stereocenters. The van der Waals surface area contributed by atoms with Gasteiger partial charge in [-0.3, -0.25) is 5.32 Å². The van der Waals surface area contributed by atoms with Crippen LogP contribution in [0.5, 0.6) is 0 Å². The minimum atomic E-state index is -0.611. The van der Waals surface area contributed by atoms with Gasteiger partial charge in [-0.2, -0.15) is 0 Å². The van der Waals surface area contributed by atoms with Gasteiger partial charge >= 0.3 is 6.03 Å². The number of nitrogens with one attached hydrogen (secondary N) is 2. The highest BCUT2D eigenvalue weighted by atomic mass is 19.1. The summed E-state index contributed by atoms with van der Waals surface area (Å²) in [4.78, 5) is 12.1. The van der Waals surface area contributed by atoms with Gasteiger partial charge in [0.15, 0.2) is 5.82 Å². The molecular weight excluding hydrogens is 344 g/mol. The number of nitrogens with zero attached hydrogens (tertiary/aromatic N) is 1. The van der Waals surface area contributed by atoms with Gasteiger partial charge in [-0.05, 0) is 30.9 Å². The normalized spacial score (nSPS) is 22.8. The van der Waals surface area contributed by atoms with Crippen molar-refractivity contribution in [1.82, 2.24) is 10.5 Å². The molecule has 2 heterocycles. The number of amides is 2. The van der Waals surface area contributed by atoms with Crippen LogP contribution in [0, 0.1) is 11.6 Å². The van der Waals surface area contributed by atoms with Crippen LogP contribution in [0.3, 0.4) is 0 Å². The fourth-order valence-corrected chi connectivity index (χ4v) is 3.34. The van der Waals surface area contributed by atoms with Gasteiger partial charge in [0.05, 0.1) is 0 Å². The van der Waals surface area contributed by atoms with E-state index in [-0.39, 0.29) is 17.9 Å². The van der Waals surface area contributed by atoms with Crippen LogP contribution in [0.2, 0.25) is 0 Å². The SMILES string of the molecule is O=C(Nc1cc(C2CCOCC2)on1)N[C@@H]1C[C@H]1c1ccc(F)cc1F. The molecule has 8 heteroatoms. The highest BCUT2D eigenvalue weighted by molar-refractivity contribution is 5.88. The second kappa shape index (κ2) is 7.03. The van der Waals surface area contributed by atoms with Crippen LogP contribution in [-0.2, 0) is 4.74 Å². The lowest BCUT2D eigenvalue weighted by Gasteiger charge is -2.18. The van der Waals surface area contributed by atoms with Gasteiger partial charge in [0.2, 0.25) is 0 Å². The minimum Gasteiger partial charge on any atom is -0.381 e. The highest BCUT2D eigenvalue weighted by Crippen LogP contribution is 2.42. The van der Waals surface area contributed by atoms with Crippen LogP contribution >= 0.6 is 0 Å². The third-order valence-electron chi connectivity index (χ3n) is 4.86. The van der Waals surface area contributed by atoms with Crippen molar-refractivity contribution in [2.45, 2.75) is 37.1 Å². The van der Waals surface area contributed by atoms with Gasteiger partial charge in [-0.25, -0.2) is 13.6 Å². The molecular formula is C18H19F2N3O3. The van der Waals surface area contributed by atoms with Crippen molar-refractivity contribution >= 4 is 11.8 Å². The van der Waals surface area contributed by atoms with Gasteiger partial charge < -0.3 is 14.6 Å². The Morgan fingerprint density at radius 3 is 2.77 bits per heavy atom. The standard InChI is InChI=1S/C18H19F2N3O3/c19-11-1-2-12(14(20)7-11)13-8-15(13)21-18(24)22-17-9-16(26-23-17)10-3-5-25-6-4-10/h1-2,7,9-10,13,15H,3-6,8H2,(H2,21,22,23,24)/t13-,15+/m0/s1. The number of hydrogen-bond donors (Lipinski definition) is 2. The Hall–Kier alpha value is -2.48. The summed E-state index contributed by atoms with van der Waals surface area (Å²) in [7, 11) is 0. The maximum Gasteiger partial charge on any atom is 0.320 e. The van der Waals surface area contributed by atoms with Gasteiger partial charge in [0.25, 0.3) is 0 Å². The predicted octanol–water partition coefficient (Wildman–Crippen LogP) is 3.52. The van der Waals surface area contributed by atoms with E-state index in [2.05, 4.69) is 15.8 Å². The van der Waals surface area contributed by atoms with Crippen LogP contribution in [0.4, 0.5) is 19.4 Å². The van der Waals surface area contributed by atoms with E-state index in [1.54, 1.807) is 6.07 Å². The molecule has 2 aromatic rings. The molecule has 1 aromatic carbocycles. The first kappa shape index (κ1) is 17.0. The largest absolute Gasteiger partial charge is 0.381 e. The topological polar surface area (TPSA) is 76.4 Å². The van der Waals surface area contributed by atoms with Crippen LogP contribution in [0.15, 0.2) is 28.8 Å². The number of rotatable bonds is 4. The van der Waals surface area contributed by atoms with E-state index in [4.69, 9.17) is 9.26 Å². The summed E-state index contributed by atoms with van der Waals surface area (Å²) in [6.45, 7) is 1.38. The van der Waals surface area contributed by atoms with Gasteiger partial charge in [-0.15, -0.1) is 0 Å². The molecule has 6 nitrogen and oxygen atoms in total.